The van der Waals surface area contributed by atoms with Crippen LogP contribution in [-0.2, 0) is 16.6 Å². The second kappa shape index (κ2) is 5.61. The van der Waals surface area contributed by atoms with Crippen LogP contribution >= 0.6 is 11.6 Å². The summed E-state index contributed by atoms with van der Waals surface area (Å²) < 4.78 is 26.9. The van der Waals surface area contributed by atoms with E-state index in [1.54, 1.807) is 30.3 Å². The van der Waals surface area contributed by atoms with Gasteiger partial charge in [-0.15, -0.1) is 0 Å². The van der Waals surface area contributed by atoms with Gasteiger partial charge in [-0.3, -0.25) is 4.72 Å². The molecule has 0 amide bonds. The minimum atomic E-state index is -3.69. The van der Waals surface area contributed by atoms with E-state index in [2.05, 4.69) is 4.72 Å². The van der Waals surface area contributed by atoms with Crippen molar-refractivity contribution in [2.45, 2.75) is 11.4 Å². The van der Waals surface area contributed by atoms with E-state index in [-0.39, 0.29) is 9.92 Å². The van der Waals surface area contributed by atoms with Gasteiger partial charge in [0.2, 0.25) is 0 Å². The molecule has 0 fully saturated rings. The maximum Gasteiger partial charge on any atom is 0.263 e. The predicted molar refractivity (Wildman–Crippen MR) is 76.6 cm³/mol. The third kappa shape index (κ3) is 3.26. The lowest BCUT2D eigenvalue weighted by atomic mass is 10.2. The van der Waals surface area contributed by atoms with Crippen LogP contribution < -0.4 is 10.5 Å². The molecule has 2 aromatic carbocycles. The normalized spacial score (nSPS) is 11.3. The van der Waals surface area contributed by atoms with Crippen LogP contribution in [0.3, 0.4) is 0 Å². The molecule has 0 saturated heterocycles. The first-order valence-corrected chi connectivity index (χ1v) is 7.45. The van der Waals surface area contributed by atoms with Gasteiger partial charge < -0.3 is 5.73 Å². The van der Waals surface area contributed by atoms with Crippen LogP contribution in [0.5, 0.6) is 0 Å². The summed E-state index contributed by atoms with van der Waals surface area (Å²) in [4.78, 5) is 0.0508. The van der Waals surface area contributed by atoms with E-state index in [0.29, 0.717) is 12.2 Å². The van der Waals surface area contributed by atoms with Crippen LogP contribution in [0.4, 0.5) is 5.69 Å². The Kier molecular flexibility index (Phi) is 4.09. The molecule has 0 aliphatic rings. The highest BCUT2D eigenvalue weighted by atomic mass is 35.5. The monoisotopic (exact) mass is 296 g/mol. The summed E-state index contributed by atoms with van der Waals surface area (Å²) in [5, 5.41) is 0.185. The minimum absolute atomic E-state index is 0.0508. The van der Waals surface area contributed by atoms with Gasteiger partial charge in [0.25, 0.3) is 10.0 Å². The number of nitrogens with one attached hydrogen (secondary N) is 1. The molecular weight excluding hydrogens is 284 g/mol. The highest BCUT2D eigenvalue weighted by Gasteiger charge is 2.17. The summed E-state index contributed by atoms with van der Waals surface area (Å²) in [7, 11) is -3.69. The van der Waals surface area contributed by atoms with Crippen molar-refractivity contribution in [2.75, 3.05) is 4.72 Å². The Morgan fingerprint density at radius 1 is 1.11 bits per heavy atom. The van der Waals surface area contributed by atoms with E-state index in [0.717, 1.165) is 5.56 Å². The first-order chi connectivity index (χ1) is 9.03. The number of hydrogen-bond acceptors (Lipinski definition) is 3. The second-order valence-corrected chi connectivity index (χ2v) is 6.00. The topological polar surface area (TPSA) is 72.2 Å². The largest absolute Gasteiger partial charge is 0.326 e. The van der Waals surface area contributed by atoms with Gasteiger partial charge in [-0.2, -0.15) is 0 Å². The molecule has 2 aromatic rings. The highest BCUT2D eigenvalue weighted by molar-refractivity contribution is 7.92. The molecule has 0 aromatic heterocycles. The molecular formula is C13H13ClN2O2S. The average molecular weight is 297 g/mol. The van der Waals surface area contributed by atoms with Gasteiger partial charge in [0.15, 0.2) is 0 Å². The molecule has 0 saturated carbocycles. The molecule has 0 aliphatic carbocycles. The van der Waals surface area contributed by atoms with Crippen molar-refractivity contribution in [2.24, 2.45) is 5.73 Å². The summed E-state index contributed by atoms with van der Waals surface area (Å²) in [5.41, 5.74) is 6.83. The van der Waals surface area contributed by atoms with Crippen LogP contribution in [0.2, 0.25) is 5.02 Å². The van der Waals surface area contributed by atoms with E-state index in [1.807, 2.05) is 6.07 Å². The third-order valence-corrected chi connectivity index (χ3v) is 4.42. The predicted octanol–water partition coefficient (Wildman–Crippen LogP) is 2.60. The molecule has 0 atom stereocenters. The summed E-state index contributed by atoms with van der Waals surface area (Å²) in [6.07, 6.45) is 0. The van der Waals surface area contributed by atoms with E-state index in [1.165, 1.54) is 12.1 Å². The van der Waals surface area contributed by atoms with E-state index < -0.39 is 10.0 Å². The summed E-state index contributed by atoms with van der Waals surface area (Å²) >= 11 is 5.89. The van der Waals surface area contributed by atoms with Gasteiger partial charge in [0.05, 0.1) is 5.02 Å². The highest BCUT2D eigenvalue weighted by Crippen LogP contribution is 2.23. The van der Waals surface area contributed by atoms with E-state index in [4.69, 9.17) is 17.3 Å². The first kappa shape index (κ1) is 13.9. The molecule has 0 unspecified atom stereocenters. The zero-order chi connectivity index (χ0) is 13.9. The summed E-state index contributed by atoms with van der Waals surface area (Å²) in [6.45, 7) is 0.349. The molecule has 0 radical (unpaired) electrons. The van der Waals surface area contributed by atoms with Crippen molar-refractivity contribution in [1.82, 2.24) is 0 Å². The molecule has 6 heteroatoms. The Hall–Kier alpha value is -1.56. The number of nitrogens with two attached hydrogens (primary N) is 1. The van der Waals surface area contributed by atoms with E-state index >= 15 is 0 Å². The average Bonchev–Trinajstić information content (AvgIpc) is 2.38. The third-order valence-electron chi connectivity index (χ3n) is 2.54. The molecule has 0 bridgehead atoms. The molecule has 2 rings (SSSR count). The fourth-order valence-corrected chi connectivity index (χ4v) is 3.20. The van der Waals surface area contributed by atoms with Crippen LogP contribution in [0, 0.1) is 0 Å². The van der Waals surface area contributed by atoms with Gasteiger partial charge in [-0.25, -0.2) is 8.42 Å². The fourth-order valence-electron chi connectivity index (χ4n) is 1.63. The van der Waals surface area contributed by atoms with Crippen molar-refractivity contribution >= 4 is 27.3 Å². The number of halogens is 1. The zero-order valence-electron chi connectivity index (χ0n) is 10.0. The maximum atomic E-state index is 12.2. The SMILES string of the molecule is NCc1cccc(NS(=O)(=O)c2ccccc2Cl)c1. The Morgan fingerprint density at radius 2 is 1.84 bits per heavy atom. The van der Waals surface area contributed by atoms with Crippen LogP contribution in [-0.4, -0.2) is 8.42 Å². The van der Waals surface area contributed by atoms with Crippen LogP contribution in [0.25, 0.3) is 0 Å². The lowest BCUT2D eigenvalue weighted by molar-refractivity contribution is 0.601. The number of benzene rings is 2. The lowest BCUT2D eigenvalue weighted by Crippen LogP contribution is -2.13. The Bertz CT molecular complexity index is 687. The van der Waals surface area contributed by atoms with Crippen LogP contribution in [0.1, 0.15) is 5.56 Å². The lowest BCUT2D eigenvalue weighted by Gasteiger charge is -2.10. The first-order valence-electron chi connectivity index (χ1n) is 5.59. The van der Waals surface area contributed by atoms with Crippen molar-refractivity contribution in [3.05, 3.63) is 59.1 Å². The molecule has 100 valence electrons. The number of hydrogen-bond donors (Lipinski definition) is 2. The van der Waals surface area contributed by atoms with Gasteiger partial charge in [-0.1, -0.05) is 35.9 Å². The standard InChI is InChI=1S/C13H13ClN2O2S/c14-12-6-1-2-7-13(12)19(17,18)16-11-5-3-4-10(8-11)9-15/h1-8,16H,9,15H2. The van der Waals surface area contributed by atoms with Gasteiger partial charge in [-0.05, 0) is 29.8 Å². The maximum absolute atomic E-state index is 12.2. The summed E-state index contributed by atoms with van der Waals surface area (Å²) in [5.74, 6) is 0. The van der Waals surface area contributed by atoms with Crippen molar-refractivity contribution in [3.8, 4) is 0 Å². The van der Waals surface area contributed by atoms with Gasteiger partial charge >= 0.3 is 0 Å². The smallest absolute Gasteiger partial charge is 0.263 e. The molecule has 0 spiro atoms. The minimum Gasteiger partial charge on any atom is -0.326 e. The Morgan fingerprint density at radius 3 is 2.53 bits per heavy atom. The Labute approximate surface area is 117 Å². The fraction of sp³-hybridized carbons (Fsp3) is 0.0769. The summed E-state index contributed by atoms with van der Waals surface area (Å²) in [6, 6.07) is 13.2. The quantitative estimate of drug-likeness (QED) is 0.911. The molecule has 0 heterocycles. The van der Waals surface area contributed by atoms with Crippen molar-refractivity contribution < 1.29 is 8.42 Å². The van der Waals surface area contributed by atoms with E-state index in [9.17, 15) is 8.42 Å². The molecule has 19 heavy (non-hydrogen) atoms. The molecule has 0 aliphatic heterocycles. The van der Waals surface area contributed by atoms with Gasteiger partial charge in [0.1, 0.15) is 4.90 Å². The number of anilines is 1. The van der Waals surface area contributed by atoms with Gasteiger partial charge in [0, 0.05) is 12.2 Å². The van der Waals surface area contributed by atoms with Crippen LogP contribution in [0.15, 0.2) is 53.4 Å². The molecule has 3 N–H and O–H groups in total. The number of sulfonamides is 1. The van der Waals surface area contributed by atoms with Crippen molar-refractivity contribution in [3.63, 3.8) is 0 Å². The number of rotatable bonds is 4. The second-order valence-electron chi connectivity index (χ2n) is 3.94. The molecule has 4 nitrogen and oxygen atoms in total. The Balaban J connectivity index is 2.34. The van der Waals surface area contributed by atoms with Crippen molar-refractivity contribution in [1.29, 1.82) is 0 Å². The zero-order valence-corrected chi connectivity index (χ0v) is 11.6.